The molecule has 0 unspecified atom stereocenters. The van der Waals surface area contributed by atoms with Crippen molar-refractivity contribution in [3.8, 4) is 0 Å². The van der Waals surface area contributed by atoms with Gasteiger partial charge in [-0.2, -0.15) is 0 Å². The van der Waals surface area contributed by atoms with Gasteiger partial charge in [-0.05, 0) is 18.6 Å². The molecule has 3 N–H and O–H groups in total. The Morgan fingerprint density at radius 3 is 2.80 bits per heavy atom. The van der Waals surface area contributed by atoms with E-state index in [9.17, 15) is 18.8 Å². The van der Waals surface area contributed by atoms with Crippen LogP contribution in [-0.2, 0) is 11.2 Å². The van der Waals surface area contributed by atoms with Gasteiger partial charge in [0.25, 0.3) is 5.56 Å². The quantitative estimate of drug-likeness (QED) is 0.539. The van der Waals surface area contributed by atoms with E-state index >= 15 is 0 Å². The summed E-state index contributed by atoms with van der Waals surface area (Å²) in [6.45, 7) is 1.97. The number of hydrogen-bond donors (Lipinski definition) is 3. The molecule has 3 amide bonds. The van der Waals surface area contributed by atoms with Gasteiger partial charge in [-0.1, -0.05) is 37.2 Å². The number of nitrogens with one attached hydrogen (secondary N) is 3. The van der Waals surface area contributed by atoms with Gasteiger partial charge in [0.2, 0.25) is 5.91 Å². The van der Waals surface area contributed by atoms with Crippen molar-refractivity contribution >= 4 is 29.4 Å². The van der Waals surface area contributed by atoms with Gasteiger partial charge in [-0.15, -0.1) is 0 Å². The number of thioether (sulfide) groups is 1. The number of amides is 3. The zero-order valence-electron chi connectivity index (χ0n) is 13.5. The fourth-order valence-corrected chi connectivity index (χ4v) is 2.64. The summed E-state index contributed by atoms with van der Waals surface area (Å²) >= 11 is 1.00. The van der Waals surface area contributed by atoms with Crippen LogP contribution in [0.25, 0.3) is 0 Å². The van der Waals surface area contributed by atoms with Crippen molar-refractivity contribution in [3.05, 3.63) is 52.2 Å². The van der Waals surface area contributed by atoms with Crippen LogP contribution in [-0.4, -0.2) is 27.7 Å². The van der Waals surface area contributed by atoms with Crippen molar-refractivity contribution in [2.24, 2.45) is 0 Å². The fourth-order valence-electron chi connectivity index (χ4n) is 1.95. The van der Waals surface area contributed by atoms with Gasteiger partial charge >= 0.3 is 6.03 Å². The first-order valence-corrected chi connectivity index (χ1v) is 8.55. The number of rotatable bonds is 6. The highest BCUT2D eigenvalue weighted by molar-refractivity contribution is 7.99. The van der Waals surface area contributed by atoms with Crippen LogP contribution >= 0.6 is 11.8 Å². The normalized spacial score (nSPS) is 10.3. The molecule has 25 heavy (non-hydrogen) atoms. The molecule has 1 aromatic carbocycles. The Bertz CT molecular complexity index is 825. The first-order chi connectivity index (χ1) is 12.0. The second-order valence-electron chi connectivity index (χ2n) is 5.06. The minimum atomic E-state index is -0.836. The van der Waals surface area contributed by atoms with Crippen molar-refractivity contribution in [1.82, 2.24) is 15.3 Å². The highest BCUT2D eigenvalue weighted by Crippen LogP contribution is 2.13. The van der Waals surface area contributed by atoms with Crippen molar-refractivity contribution in [1.29, 1.82) is 0 Å². The molecule has 132 valence electrons. The summed E-state index contributed by atoms with van der Waals surface area (Å²) in [5, 5.41) is 4.64. The highest BCUT2D eigenvalue weighted by atomic mass is 32.2. The SMILES string of the molecule is CCCc1cc(=O)[nH]c(SCC(=O)NC(=O)Nc2ccccc2F)n1. The highest BCUT2D eigenvalue weighted by Gasteiger charge is 2.11. The number of nitrogens with zero attached hydrogens (tertiary/aromatic N) is 1. The molecule has 0 radical (unpaired) electrons. The number of H-pyrrole nitrogens is 1. The van der Waals surface area contributed by atoms with Crippen LogP contribution in [0.4, 0.5) is 14.9 Å². The summed E-state index contributed by atoms with van der Waals surface area (Å²) < 4.78 is 13.4. The molecule has 1 heterocycles. The minimum absolute atomic E-state index is 0.0290. The Labute approximate surface area is 147 Å². The molecule has 0 spiro atoms. The molecule has 0 saturated heterocycles. The molecule has 2 rings (SSSR count). The van der Waals surface area contributed by atoms with E-state index in [2.05, 4.69) is 20.6 Å². The molecule has 0 aliphatic heterocycles. The average Bonchev–Trinajstić information content (AvgIpc) is 2.55. The average molecular weight is 364 g/mol. The number of benzene rings is 1. The maximum atomic E-state index is 13.4. The zero-order valence-corrected chi connectivity index (χ0v) is 14.3. The van der Waals surface area contributed by atoms with E-state index < -0.39 is 17.8 Å². The minimum Gasteiger partial charge on any atom is -0.305 e. The summed E-state index contributed by atoms with van der Waals surface area (Å²) in [4.78, 5) is 41.8. The smallest absolute Gasteiger partial charge is 0.305 e. The van der Waals surface area contributed by atoms with Gasteiger partial charge in [-0.25, -0.2) is 14.2 Å². The van der Waals surface area contributed by atoms with Crippen LogP contribution < -0.4 is 16.2 Å². The van der Waals surface area contributed by atoms with E-state index in [0.717, 1.165) is 18.2 Å². The molecule has 0 fully saturated rings. The third-order valence-corrected chi connectivity index (χ3v) is 3.87. The summed E-state index contributed by atoms with van der Waals surface area (Å²) in [6, 6.07) is 6.19. The Kier molecular flexibility index (Phi) is 6.70. The van der Waals surface area contributed by atoms with Gasteiger partial charge in [-0.3, -0.25) is 14.9 Å². The lowest BCUT2D eigenvalue weighted by Gasteiger charge is -2.07. The van der Waals surface area contributed by atoms with Crippen LogP contribution in [0.15, 0.2) is 40.3 Å². The first kappa shape index (κ1) is 18.7. The Hall–Kier alpha value is -2.68. The summed E-state index contributed by atoms with van der Waals surface area (Å²) in [6.07, 6.45) is 1.51. The Balaban J connectivity index is 1.87. The van der Waals surface area contributed by atoms with Gasteiger partial charge in [0.05, 0.1) is 11.4 Å². The summed E-state index contributed by atoms with van der Waals surface area (Å²) in [7, 11) is 0. The monoisotopic (exact) mass is 364 g/mol. The van der Waals surface area contributed by atoms with E-state index in [4.69, 9.17) is 0 Å². The van der Waals surface area contributed by atoms with Crippen LogP contribution in [0.2, 0.25) is 0 Å². The second-order valence-corrected chi connectivity index (χ2v) is 6.03. The molecule has 0 aliphatic carbocycles. The van der Waals surface area contributed by atoms with E-state index in [-0.39, 0.29) is 17.0 Å². The molecule has 0 atom stereocenters. The number of halogens is 1. The third kappa shape index (κ3) is 6.03. The number of para-hydroxylation sites is 1. The van der Waals surface area contributed by atoms with Crippen molar-refractivity contribution < 1.29 is 14.0 Å². The molecular formula is C16H17FN4O3S. The molecule has 2 aromatic rings. The number of aromatic nitrogens is 2. The predicted octanol–water partition coefficient (Wildman–Crippen LogP) is 2.30. The van der Waals surface area contributed by atoms with Crippen LogP contribution in [0.5, 0.6) is 0 Å². The molecule has 1 aromatic heterocycles. The van der Waals surface area contributed by atoms with Gasteiger partial charge in [0.15, 0.2) is 5.16 Å². The van der Waals surface area contributed by atoms with Gasteiger partial charge in [0.1, 0.15) is 5.82 Å². The maximum absolute atomic E-state index is 13.4. The fraction of sp³-hybridized carbons (Fsp3) is 0.250. The van der Waals surface area contributed by atoms with E-state index in [1.54, 1.807) is 6.07 Å². The number of urea groups is 1. The second kappa shape index (κ2) is 8.97. The number of hydrogen-bond acceptors (Lipinski definition) is 5. The van der Waals surface area contributed by atoms with Crippen LogP contribution in [0.3, 0.4) is 0 Å². The van der Waals surface area contributed by atoms with E-state index in [1.807, 2.05) is 6.92 Å². The lowest BCUT2D eigenvalue weighted by atomic mass is 10.2. The van der Waals surface area contributed by atoms with Crippen molar-refractivity contribution in [2.45, 2.75) is 24.9 Å². The van der Waals surface area contributed by atoms with Gasteiger partial charge < -0.3 is 10.3 Å². The van der Waals surface area contributed by atoms with Crippen LogP contribution in [0.1, 0.15) is 19.0 Å². The Morgan fingerprint density at radius 1 is 1.32 bits per heavy atom. The number of aromatic amines is 1. The number of aryl methyl sites for hydroxylation is 1. The maximum Gasteiger partial charge on any atom is 0.325 e. The number of imide groups is 1. The van der Waals surface area contributed by atoms with Crippen LogP contribution in [0, 0.1) is 5.82 Å². The largest absolute Gasteiger partial charge is 0.325 e. The number of anilines is 1. The van der Waals surface area contributed by atoms with Gasteiger partial charge in [0, 0.05) is 11.8 Å². The lowest BCUT2D eigenvalue weighted by molar-refractivity contribution is -0.117. The third-order valence-electron chi connectivity index (χ3n) is 2.99. The Morgan fingerprint density at radius 2 is 2.08 bits per heavy atom. The molecule has 9 heteroatoms. The molecule has 0 bridgehead atoms. The van der Waals surface area contributed by atoms with E-state index in [1.165, 1.54) is 24.3 Å². The first-order valence-electron chi connectivity index (χ1n) is 7.56. The lowest BCUT2D eigenvalue weighted by Crippen LogP contribution is -2.35. The molecule has 0 aliphatic rings. The predicted molar refractivity (Wildman–Crippen MR) is 93.1 cm³/mol. The molecule has 7 nitrogen and oxygen atoms in total. The molecule has 0 saturated carbocycles. The zero-order chi connectivity index (χ0) is 18.2. The summed E-state index contributed by atoms with van der Waals surface area (Å²) in [5.41, 5.74) is 0.323. The van der Waals surface area contributed by atoms with Crippen molar-refractivity contribution in [3.63, 3.8) is 0 Å². The standard InChI is InChI=1S/C16H17FN4O3S/c1-2-5-10-8-13(22)21-16(18-10)25-9-14(23)20-15(24)19-12-7-4-3-6-11(12)17/h3-4,6-8H,2,5,9H2,1H3,(H,18,21,22)(H2,19,20,23,24). The number of carbonyl (C=O) groups excluding carboxylic acids is 2. The topological polar surface area (TPSA) is 104 Å². The molecular weight excluding hydrogens is 347 g/mol. The van der Waals surface area contributed by atoms with Crippen molar-refractivity contribution in [2.75, 3.05) is 11.1 Å². The van der Waals surface area contributed by atoms with E-state index in [0.29, 0.717) is 17.3 Å². The summed E-state index contributed by atoms with van der Waals surface area (Å²) in [5.74, 6) is -1.32. The number of carbonyl (C=O) groups is 2.